The standard InChI is InChI=1S/C10H12N2O.Cu.FH/c1-12-9-6-4-3-5-8(9)11-10(12)7-13-2;;/h3-6H,7H2,1-2H3;;1H/q;+1;/p-1. The number of fused-ring (bicyclic) bond motifs is 1. The molecule has 0 aliphatic heterocycles. The van der Waals surface area contributed by atoms with E-state index in [4.69, 9.17) is 8.29 Å². The molecule has 0 fully saturated rings. The number of aromatic nitrogens is 2. The van der Waals surface area contributed by atoms with Crippen molar-refractivity contribution in [3.8, 4) is 0 Å². The summed E-state index contributed by atoms with van der Waals surface area (Å²) in [7, 11) is 3.68. The minimum atomic E-state index is 0.561. The van der Waals surface area contributed by atoms with Gasteiger partial charge in [0.25, 0.3) is 0 Å². The molecule has 0 saturated carbocycles. The Bertz CT molecular complexity index is 430. The number of ether oxygens (including phenoxy) is 1. The Morgan fingerprint density at radius 3 is 2.67 bits per heavy atom. The molecule has 2 rings (SSSR count). The topological polar surface area (TPSA) is 27.1 Å². The molecular weight excluding hydrogens is 247 g/mol. The summed E-state index contributed by atoms with van der Waals surface area (Å²) in [6, 6.07) is 8.07. The third-order valence-corrected chi connectivity index (χ3v) is 2.15. The van der Waals surface area contributed by atoms with Crippen LogP contribution in [0, 0.1) is 0 Å². The van der Waals surface area contributed by atoms with Crippen LogP contribution in [0.25, 0.3) is 11.0 Å². The Labute approximate surface area is 96.5 Å². The maximum absolute atomic E-state index is 9.06. The second-order valence-corrected chi connectivity index (χ2v) is 3.01. The number of para-hydroxylation sites is 2. The zero-order valence-electron chi connectivity index (χ0n) is 8.50. The number of imidazole rings is 1. The van der Waals surface area contributed by atoms with Gasteiger partial charge in [-0.2, -0.15) is 0 Å². The molecule has 0 amide bonds. The van der Waals surface area contributed by atoms with Gasteiger partial charge in [0.15, 0.2) is 0 Å². The molecule has 0 aliphatic rings. The number of hydrogen-bond donors (Lipinski definition) is 0. The second kappa shape index (κ2) is 5.85. The van der Waals surface area contributed by atoms with Crippen LogP contribution in [-0.2, 0) is 34.9 Å². The van der Waals surface area contributed by atoms with E-state index in [1.54, 1.807) is 7.11 Å². The predicted molar refractivity (Wildman–Crippen MR) is 52.5 cm³/mol. The van der Waals surface area contributed by atoms with Gasteiger partial charge in [0.1, 0.15) is 12.4 Å². The Morgan fingerprint density at radius 1 is 1.40 bits per heavy atom. The molecule has 1 heterocycles. The van der Waals surface area contributed by atoms with E-state index in [1.165, 1.54) is 0 Å². The second-order valence-electron chi connectivity index (χ2n) is 3.01. The van der Waals surface area contributed by atoms with Crippen molar-refractivity contribution in [2.24, 2.45) is 7.05 Å². The van der Waals surface area contributed by atoms with Crippen LogP contribution in [0.3, 0.4) is 0 Å². The molecule has 1 aromatic carbocycles. The summed E-state index contributed by atoms with van der Waals surface area (Å²) in [5.74, 6) is 0.962. The van der Waals surface area contributed by atoms with Crippen LogP contribution in [0.2, 0.25) is 0 Å². The summed E-state index contributed by atoms with van der Waals surface area (Å²) in [6.45, 7) is 0.561. The van der Waals surface area contributed by atoms with Gasteiger partial charge in [-0.05, 0) is 12.1 Å². The van der Waals surface area contributed by atoms with Gasteiger partial charge in [0.05, 0.1) is 11.0 Å². The van der Waals surface area contributed by atoms with Crippen molar-refractivity contribution in [2.45, 2.75) is 6.61 Å². The molecule has 0 radical (unpaired) electrons. The van der Waals surface area contributed by atoms with Crippen molar-refractivity contribution in [2.75, 3.05) is 7.11 Å². The third-order valence-electron chi connectivity index (χ3n) is 2.15. The van der Waals surface area contributed by atoms with E-state index in [1.807, 2.05) is 25.2 Å². The first kappa shape index (κ1) is 12.2. The minimum absolute atomic E-state index is 0.561. The zero-order valence-corrected chi connectivity index (χ0v) is 9.44. The fourth-order valence-corrected chi connectivity index (χ4v) is 1.45. The van der Waals surface area contributed by atoms with E-state index >= 15 is 0 Å². The molecule has 2 aromatic rings. The molecule has 15 heavy (non-hydrogen) atoms. The van der Waals surface area contributed by atoms with Gasteiger partial charge in [-0.1, -0.05) is 12.1 Å². The van der Waals surface area contributed by atoms with Crippen molar-refractivity contribution < 1.29 is 24.8 Å². The van der Waals surface area contributed by atoms with Crippen LogP contribution in [0.15, 0.2) is 24.3 Å². The summed E-state index contributed by atoms with van der Waals surface area (Å²) < 4.78 is 16.2. The first-order valence-electron chi connectivity index (χ1n) is 4.33. The van der Waals surface area contributed by atoms with E-state index in [9.17, 15) is 0 Å². The maximum atomic E-state index is 9.06. The monoisotopic (exact) mass is 258 g/mol. The fraction of sp³-hybridized carbons (Fsp3) is 0.300. The number of nitrogens with zero attached hydrogens (tertiary/aromatic N) is 2. The Morgan fingerprint density at radius 2 is 2.07 bits per heavy atom. The van der Waals surface area contributed by atoms with Crippen molar-refractivity contribution in [3.05, 3.63) is 30.1 Å². The van der Waals surface area contributed by atoms with Gasteiger partial charge in [0.2, 0.25) is 0 Å². The molecule has 0 aliphatic carbocycles. The quantitative estimate of drug-likeness (QED) is 0.772. The van der Waals surface area contributed by atoms with Gasteiger partial charge < -0.3 is 9.30 Å². The van der Waals surface area contributed by atoms with Crippen LogP contribution < -0.4 is 0 Å². The average Bonchev–Trinajstić information content (AvgIpc) is 2.60. The molecule has 0 N–H and O–H groups in total. The Kier molecular flexibility index (Phi) is 4.75. The number of methoxy groups -OCH3 is 1. The van der Waals surface area contributed by atoms with Crippen LogP contribution in [0.5, 0.6) is 0 Å². The summed E-state index contributed by atoms with van der Waals surface area (Å²) in [5.41, 5.74) is 2.17. The van der Waals surface area contributed by atoms with Gasteiger partial charge in [0, 0.05) is 14.2 Å². The molecule has 86 valence electrons. The normalized spacial score (nSPS) is 9.93. The number of hydrogen-bond acceptors (Lipinski definition) is 2. The van der Waals surface area contributed by atoms with E-state index in [0.717, 1.165) is 16.9 Å². The van der Waals surface area contributed by atoms with Crippen LogP contribution >= 0.6 is 0 Å². The fourth-order valence-electron chi connectivity index (χ4n) is 1.45. The SMILES string of the molecule is COCc1nc2ccccc2n1C.[F][Cu]. The summed E-state index contributed by atoms with van der Waals surface area (Å²) >= 11 is 2.69. The molecule has 1 aromatic heterocycles. The predicted octanol–water partition coefficient (Wildman–Crippen LogP) is 2.14. The molecule has 0 bridgehead atoms. The third kappa shape index (κ3) is 2.56. The molecule has 0 atom stereocenters. The van der Waals surface area contributed by atoms with Gasteiger partial charge in [-0.3, -0.25) is 0 Å². The molecule has 0 unspecified atom stereocenters. The Hall–Kier alpha value is -0.901. The molecular formula is C10H12CuFN2O. The zero-order chi connectivity index (χ0) is 11.3. The molecule has 5 heteroatoms. The van der Waals surface area contributed by atoms with Gasteiger partial charge >= 0.3 is 20.0 Å². The van der Waals surface area contributed by atoms with Crippen molar-refractivity contribution in [1.29, 1.82) is 0 Å². The van der Waals surface area contributed by atoms with E-state index in [-0.39, 0.29) is 0 Å². The Balaban J connectivity index is 0.000000531. The van der Waals surface area contributed by atoms with Crippen molar-refractivity contribution in [3.63, 3.8) is 0 Å². The van der Waals surface area contributed by atoms with Gasteiger partial charge in [-0.15, -0.1) is 0 Å². The number of aryl methyl sites for hydroxylation is 1. The van der Waals surface area contributed by atoms with E-state index < -0.39 is 0 Å². The van der Waals surface area contributed by atoms with Crippen LogP contribution in [-0.4, -0.2) is 16.7 Å². The van der Waals surface area contributed by atoms with E-state index in [2.05, 4.69) is 32.1 Å². The number of halogens is 1. The molecule has 0 saturated heterocycles. The van der Waals surface area contributed by atoms with Crippen molar-refractivity contribution >= 4 is 11.0 Å². The first-order valence-corrected chi connectivity index (χ1v) is 4.69. The van der Waals surface area contributed by atoms with Crippen LogP contribution in [0.1, 0.15) is 5.82 Å². The average molecular weight is 259 g/mol. The molecule has 0 spiro atoms. The van der Waals surface area contributed by atoms with Crippen LogP contribution in [0.4, 0.5) is 3.55 Å². The first-order chi connectivity index (χ1) is 7.33. The summed E-state index contributed by atoms with van der Waals surface area (Å²) in [6.07, 6.45) is 0. The molecule has 3 nitrogen and oxygen atoms in total. The summed E-state index contributed by atoms with van der Waals surface area (Å²) in [4.78, 5) is 4.44. The van der Waals surface area contributed by atoms with Gasteiger partial charge in [-0.25, -0.2) is 4.98 Å². The van der Waals surface area contributed by atoms with Crippen molar-refractivity contribution in [1.82, 2.24) is 9.55 Å². The number of rotatable bonds is 2. The van der Waals surface area contributed by atoms with E-state index in [0.29, 0.717) is 6.61 Å². The number of benzene rings is 1. The summed E-state index contributed by atoms with van der Waals surface area (Å²) in [5, 5.41) is 0.